The van der Waals surface area contributed by atoms with E-state index in [2.05, 4.69) is 14.9 Å². The molecule has 0 atom stereocenters. The number of hydrogen-bond acceptors (Lipinski definition) is 5. The lowest BCUT2D eigenvalue weighted by atomic mass is 10.1. The lowest BCUT2D eigenvalue weighted by molar-refractivity contribution is -0.136. The summed E-state index contributed by atoms with van der Waals surface area (Å²) in [6.07, 6.45) is -0.226. The summed E-state index contributed by atoms with van der Waals surface area (Å²) in [7, 11) is 1.55. The number of hydrogen-bond donors (Lipinski definition) is 1. The fourth-order valence-electron chi connectivity index (χ4n) is 1.46. The summed E-state index contributed by atoms with van der Waals surface area (Å²) >= 11 is 0. The van der Waals surface area contributed by atoms with E-state index in [4.69, 9.17) is 9.84 Å². The molecule has 88 valence electrons. The van der Waals surface area contributed by atoms with Crippen molar-refractivity contribution in [3.63, 3.8) is 0 Å². The Morgan fingerprint density at radius 3 is 3.00 bits per heavy atom. The highest BCUT2D eigenvalue weighted by Gasteiger charge is 2.15. The van der Waals surface area contributed by atoms with Gasteiger partial charge in [-0.3, -0.25) is 4.79 Å². The van der Waals surface area contributed by atoms with E-state index in [-0.39, 0.29) is 6.42 Å². The van der Waals surface area contributed by atoms with Crippen molar-refractivity contribution in [2.75, 3.05) is 7.11 Å². The highest BCUT2D eigenvalue weighted by atomic mass is 16.6. The molecule has 2 rings (SSSR count). The third kappa shape index (κ3) is 2.41. The Balaban J connectivity index is 2.38. The van der Waals surface area contributed by atoms with Crippen LogP contribution in [-0.4, -0.2) is 28.5 Å². The van der Waals surface area contributed by atoms with E-state index in [0.717, 1.165) is 0 Å². The van der Waals surface area contributed by atoms with Crippen LogP contribution in [0.15, 0.2) is 28.9 Å². The molecule has 0 saturated heterocycles. The molecule has 6 nitrogen and oxygen atoms in total. The quantitative estimate of drug-likeness (QED) is 0.859. The van der Waals surface area contributed by atoms with Gasteiger partial charge in [0.25, 0.3) is 0 Å². The molecular formula is C11H10N2O4. The average molecular weight is 234 g/mol. The number of nitrogens with zero attached hydrogens (tertiary/aromatic N) is 2. The molecular weight excluding hydrogens is 224 g/mol. The van der Waals surface area contributed by atoms with Gasteiger partial charge < -0.3 is 9.84 Å². The van der Waals surface area contributed by atoms with Gasteiger partial charge in [0.05, 0.1) is 13.5 Å². The van der Waals surface area contributed by atoms with Crippen molar-refractivity contribution in [3.05, 3.63) is 30.0 Å². The molecule has 0 aliphatic heterocycles. The van der Waals surface area contributed by atoms with Crippen molar-refractivity contribution in [1.82, 2.24) is 10.3 Å². The third-order valence-corrected chi connectivity index (χ3v) is 2.22. The van der Waals surface area contributed by atoms with Crippen LogP contribution in [-0.2, 0) is 11.2 Å². The molecule has 0 saturated carbocycles. The van der Waals surface area contributed by atoms with E-state index in [0.29, 0.717) is 22.7 Å². The molecule has 0 fully saturated rings. The highest BCUT2D eigenvalue weighted by molar-refractivity contribution is 5.73. The molecule has 0 aliphatic carbocycles. The Kier molecular flexibility index (Phi) is 3.04. The second kappa shape index (κ2) is 4.65. The van der Waals surface area contributed by atoms with Crippen LogP contribution < -0.4 is 4.74 Å². The Labute approximate surface area is 96.8 Å². The molecule has 0 amide bonds. The van der Waals surface area contributed by atoms with Gasteiger partial charge in [-0.2, -0.15) is 0 Å². The Hall–Kier alpha value is -2.37. The van der Waals surface area contributed by atoms with Crippen molar-refractivity contribution in [2.24, 2.45) is 0 Å². The van der Waals surface area contributed by atoms with Gasteiger partial charge in [0.15, 0.2) is 0 Å². The van der Waals surface area contributed by atoms with Crippen LogP contribution in [0.3, 0.4) is 0 Å². The number of methoxy groups -OCH3 is 1. The molecule has 1 N–H and O–H groups in total. The summed E-state index contributed by atoms with van der Waals surface area (Å²) in [4.78, 5) is 10.6. The molecule has 1 aromatic heterocycles. The molecule has 1 aromatic carbocycles. The maximum absolute atomic E-state index is 10.6. The Morgan fingerprint density at radius 2 is 2.29 bits per heavy atom. The molecule has 0 aliphatic rings. The van der Waals surface area contributed by atoms with Crippen LogP contribution in [0, 0.1) is 0 Å². The van der Waals surface area contributed by atoms with E-state index in [1.807, 2.05) is 0 Å². The standard InChI is InChI=1S/C11H10N2O4/c1-16-8-4-2-3-7(5-8)11-9(6-10(14)15)12-17-13-11/h2-5H,6H2,1H3,(H,14,15). The van der Waals surface area contributed by atoms with Crippen LogP contribution in [0.4, 0.5) is 0 Å². The average Bonchev–Trinajstić information content (AvgIpc) is 2.76. The fourth-order valence-corrected chi connectivity index (χ4v) is 1.46. The van der Waals surface area contributed by atoms with Gasteiger partial charge in [0, 0.05) is 5.56 Å². The summed E-state index contributed by atoms with van der Waals surface area (Å²) in [6, 6.07) is 7.10. The van der Waals surface area contributed by atoms with Crippen molar-refractivity contribution >= 4 is 5.97 Å². The van der Waals surface area contributed by atoms with Crippen LogP contribution in [0.25, 0.3) is 11.3 Å². The number of aliphatic carboxylic acids is 1. The summed E-state index contributed by atoms with van der Waals surface area (Å²) < 4.78 is 9.65. The third-order valence-electron chi connectivity index (χ3n) is 2.22. The maximum atomic E-state index is 10.6. The molecule has 0 radical (unpaired) electrons. The second-order valence-corrected chi connectivity index (χ2v) is 3.36. The number of aromatic nitrogens is 2. The van der Waals surface area contributed by atoms with Gasteiger partial charge in [-0.15, -0.1) is 0 Å². The normalized spacial score (nSPS) is 10.2. The van der Waals surface area contributed by atoms with Crippen LogP contribution in [0.1, 0.15) is 5.69 Å². The Bertz CT molecular complexity index is 536. The number of carboxylic acids is 1. The smallest absolute Gasteiger partial charge is 0.309 e. The first kappa shape index (κ1) is 11.1. The van der Waals surface area contributed by atoms with E-state index in [9.17, 15) is 4.79 Å². The fraction of sp³-hybridized carbons (Fsp3) is 0.182. The summed E-state index contributed by atoms with van der Waals surface area (Å²) in [5, 5.41) is 16.0. The number of carbonyl (C=O) groups is 1. The predicted octanol–water partition coefficient (Wildman–Crippen LogP) is 1.37. The van der Waals surface area contributed by atoms with Gasteiger partial charge in [0.2, 0.25) is 0 Å². The largest absolute Gasteiger partial charge is 0.497 e. The lowest BCUT2D eigenvalue weighted by Gasteiger charge is -2.01. The van der Waals surface area contributed by atoms with Gasteiger partial charge in [-0.1, -0.05) is 17.3 Å². The minimum Gasteiger partial charge on any atom is -0.497 e. The topological polar surface area (TPSA) is 85.5 Å². The molecule has 0 spiro atoms. The van der Waals surface area contributed by atoms with Gasteiger partial charge in [0.1, 0.15) is 17.1 Å². The molecule has 6 heteroatoms. The van der Waals surface area contributed by atoms with Crippen molar-refractivity contribution in [2.45, 2.75) is 6.42 Å². The first-order valence-electron chi connectivity index (χ1n) is 4.88. The predicted molar refractivity (Wildman–Crippen MR) is 57.6 cm³/mol. The van der Waals surface area contributed by atoms with Gasteiger partial charge in [-0.25, -0.2) is 4.63 Å². The van der Waals surface area contributed by atoms with Crippen molar-refractivity contribution in [3.8, 4) is 17.0 Å². The van der Waals surface area contributed by atoms with E-state index < -0.39 is 5.97 Å². The maximum Gasteiger partial charge on any atom is 0.309 e. The molecule has 0 unspecified atom stereocenters. The van der Waals surface area contributed by atoms with E-state index in [1.54, 1.807) is 31.4 Å². The number of ether oxygens (including phenoxy) is 1. The zero-order valence-electron chi connectivity index (χ0n) is 9.08. The van der Waals surface area contributed by atoms with Gasteiger partial charge in [-0.05, 0) is 17.3 Å². The lowest BCUT2D eigenvalue weighted by Crippen LogP contribution is -2.01. The highest BCUT2D eigenvalue weighted by Crippen LogP contribution is 2.24. The minimum absolute atomic E-state index is 0.226. The molecule has 1 heterocycles. The first-order valence-corrected chi connectivity index (χ1v) is 4.88. The first-order chi connectivity index (χ1) is 8.20. The van der Waals surface area contributed by atoms with E-state index in [1.165, 1.54) is 0 Å². The van der Waals surface area contributed by atoms with Crippen molar-refractivity contribution in [1.29, 1.82) is 0 Å². The summed E-state index contributed by atoms with van der Waals surface area (Å²) in [6.45, 7) is 0. The monoisotopic (exact) mass is 234 g/mol. The summed E-state index contributed by atoms with van der Waals surface area (Å²) in [5.41, 5.74) is 1.43. The SMILES string of the molecule is COc1cccc(-c2nonc2CC(=O)O)c1. The number of carboxylic acid groups (broad SMARTS) is 1. The van der Waals surface area contributed by atoms with Crippen molar-refractivity contribution < 1.29 is 19.3 Å². The zero-order chi connectivity index (χ0) is 12.3. The minimum atomic E-state index is -0.982. The molecule has 2 aromatic rings. The molecule has 0 bridgehead atoms. The number of benzene rings is 1. The second-order valence-electron chi connectivity index (χ2n) is 3.36. The van der Waals surface area contributed by atoms with Crippen LogP contribution in [0.5, 0.6) is 5.75 Å². The molecule has 17 heavy (non-hydrogen) atoms. The summed E-state index contributed by atoms with van der Waals surface area (Å²) in [5.74, 6) is -0.323. The number of rotatable bonds is 4. The Morgan fingerprint density at radius 1 is 1.47 bits per heavy atom. The van der Waals surface area contributed by atoms with Crippen LogP contribution >= 0.6 is 0 Å². The van der Waals surface area contributed by atoms with Crippen LogP contribution in [0.2, 0.25) is 0 Å². The van der Waals surface area contributed by atoms with Gasteiger partial charge >= 0.3 is 5.97 Å². The van der Waals surface area contributed by atoms with E-state index >= 15 is 0 Å². The zero-order valence-corrected chi connectivity index (χ0v) is 9.08.